The molecule has 1 fully saturated rings. The van der Waals surface area contributed by atoms with E-state index in [0.29, 0.717) is 48.6 Å². The predicted molar refractivity (Wildman–Crippen MR) is 108 cm³/mol. The van der Waals surface area contributed by atoms with Crippen molar-refractivity contribution >= 4 is 34.3 Å². The summed E-state index contributed by atoms with van der Waals surface area (Å²) in [4.78, 5) is 49.6. The highest BCUT2D eigenvalue weighted by atomic mass is 32.1. The third-order valence-corrected chi connectivity index (χ3v) is 5.12. The first-order chi connectivity index (χ1) is 14.0. The predicted octanol–water partition coefficient (Wildman–Crippen LogP) is 1.12. The zero-order valence-corrected chi connectivity index (χ0v) is 17.1. The Morgan fingerprint density at radius 1 is 1.34 bits per heavy atom. The van der Waals surface area contributed by atoms with Crippen molar-refractivity contribution in [3.05, 3.63) is 32.7 Å². The lowest BCUT2D eigenvalue weighted by Gasteiger charge is -2.27. The molecule has 156 valence electrons. The molecule has 0 aliphatic carbocycles. The lowest BCUT2D eigenvalue weighted by Crippen LogP contribution is -2.38. The number of ether oxygens (including phenoxy) is 2. The summed E-state index contributed by atoms with van der Waals surface area (Å²) in [6, 6.07) is 0. The summed E-state index contributed by atoms with van der Waals surface area (Å²) in [5.74, 6) is -0.304. The Labute approximate surface area is 171 Å². The van der Waals surface area contributed by atoms with Crippen molar-refractivity contribution in [2.24, 2.45) is 0 Å². The number of carbonyl (C=O) groups excluding carboxylic acids is 2. The zero-order valence-electron chi connectivity index (χ0n) is 16.3. The van der Waals surface area contributed by atoms with Gasteiger partial charge < -0.3 is 19.7 Å². The molecule has 0 saturated carbocycles. The molecule has 2 aromatic rings. The van der Waals surface area contributed by atoms with Crippen LogP contribution in [-0.2, 0) is 20.7 Å². The minimum absolute atomic E-state index is 0.0941. The number of hydrogen-bond acceptors (Lipinski definition) is 9. The third-order valence-electron chi connectivity index (χ3n) is 4.36. The summed E-state index contributed by atoms with van der Waals surface area (Å²) in [7, 11) is 0. The van der Waals surface area contributed by atoms with Crippen LogP contribution in [0.5, 0.6) is 0 Å². The van der Waals surface area contributed by atoms with Crippen molar-refractivity contribution in [3.8, 4) is 0 Å². The molecule has 0 atom stereocenters. The summed E-state index contributed by atoms with van der Waals surface area (Å²) in [5.41, 5.74) is 0.985. The molecule has 0 spiro atoms. The molecule has 1 aliphatic rings. The average Bonchev–Trinajstić information content (AvgIpc) is 3.16. The van der Waals surface area contributed by atoms with Crippen LogP contribution in [0.4, 0.5) is 11.1 Å². The summed E-state index contributed by atoms with van der Waals surface area (Å²) >= 11 is 1.14. The summed E-state index contributed by atoms with van der Waals surface area (Å²) in [5, 5.41) is 4.47. The fourth-order valence-corrected chi connectivity index (χ4v) is 3.56. The molecule has 1 saturated heterocycles. The van der Waals surface area contributed by atoms with Crippen molar-refractivity contribution < 1.29 is 19.1 Å². The maximum absolute atomic E-state index is 12.5. The van der Waals surface area contributed by atoms with Gasteiger partial charge in [0.2, 0.25) is 11.9 Å². The van der Waals surface area contributed by atoms with Crippen LogP contribution in [0.25, 0.3) is 0 Å². The first-order valence-electron chi connectivity index (χ1n) is 9.33. The van der Waals surface area contributed by atoms with Gasteiger partial charge in [0.25, 0.3) is 5.56 Å². The van der Waals surface area contributed by atoms with E-state index >= 15 is 0 Å². The van der Waals surface area contributed by atoms with Gasteiger partial charge in [-0.2, -0.15) is 0 Å². The van der Waals surface area contributed by atoms with E-state index in [1.807, 2.05) is 4.90 Å². The summed E-state index contributed by atoms with van der Waals surface area (Å²) in [6.45, 7) is 6.26. The van der Waals surface area contributed by atoms with E-state index in [1.54, 1.807) is 13.8 Å². The lowest BCUT2D eigenvalue weighted by atomic mass is 10.1. The minimum Gasteiger partial charge on any atom is -0.461 e. The van der Waals surface area contributed by atoms with Gasteiger partial charge in [0.05, 0.1) is 19.8 Å². The van der Waals surface area contributed by atoms with E-state index in [0.717, 1.165) is 11.3 Å². The summed E-state index contributed by atoms with van der Waals surface area (Å²) < 4.78 is 10.2. The van der Waals surface area contributed by atoms with Crippen molar-refractivity contribution in [2.75, 3.05) is 43.1 Å². The van der Waals surface area contributed by atoms with Gasteiger partial charge >= 0.3 is 5.97 Å². The molecule has 29 heavy (non-hydrogen) atoms. The number of rotatable bonds is 7. The second-order valence-corrected chi connectivity index (χ2v) is 7.22. The number of carbonyl (C=O) groups is 2. The van der Waals surface area contributed by atoms with Crippen LogP contribution in [0, 0.1) is 6.92 Å². The van der Waals surface area contributed by atoms with Gasteiger partial charge in [0, 0.05) is 36.1 Å². The number of esters is 1. The first-order valence-corrected chi connectivity index (χ1v) is 10.2. The highest BCUT2D eigenvalue weighted by Gasteiger charge is 2.17. The van der Waals surface area contributed by atoms with E-state index in [9.17, 15) is 14.4 Å². The molecule has 1 amide bonds. The van der Waals surface area contributed by atoms with Crippen LogP contribution in [0.3, 0.4) is 0 Å². The number of aryl methyl sites for hydroxylation is 1. The smallest absolute Gasteiger partial charge is 0.357 e. The van der Waals surface area contributed by atoms with Gasteiger partial charge in [-0.05, 0) is 20.3 Å². The molecule has 11 heteroatoms. The molecule has 1 aliphatic heterocycles. The molecule has 3 rings (SSSR count). The largest absolute Gasteiger partial charge is 0.461 e. The van der Waals surface area contributed by atoms with E-state index < -0.39 is 5.97 Å². The number of anilines is 2. The zero-order chi connectivity index (χ0) is 20.8. The maximum Gasteiger partial charge on any atom is 0.357 e. The van der Waals surface area contributed by atoms with Crippen LogP contribution >= 0.6 is 11.3 Å². The average molecular weight is 421 g/mol. The molecule has 0 radical (unpaired) electrons. The maximum atomic E-state index is 12.5. The molecule has 0 unspecified atom stereocenters. The Balaban J connectivity index is 1.58. The number of H-pyrrole nitrogens is 1. The number of nitrogens with zero attached hydrogens (tertiary/aromatic N) is 3. The van der Waals surface area contributed by atoms with Crippen molar-refractivity contribution in [1.29, 1.82) is 0 Å². The van der Waals surface area contributed by atoms with Gasteiger partial charge in [-0.15, -0.1) is 11.3 Å². The number of amides is 1. The number of morpholine rings is 1. The standard InChI is InChI=1S/C18H23N5O5S/c1-3-28-16(26)13-10-29-18(20-13)21-14(24)5-4-12-11(2)19-17(22-15(12)25)23-6-8-27-9-7-23/h10H,3-9H2,1-2H3,(H,19,22,25)(H,20,21,24). The van der Waals surface area contributed by atoms with Crippen LogP contribution in [0.2, 0.25) is 0 Å². The molecule has 0 aromatic carbocycles. The van der Waals surface area contributed by atoms with Crippen molar-refractivity contribution in [2.45, 2.75) is 26.7 Å². The van der Waals surface area contributed by atoms with Crippen LogP contribution in [-0.4, -0.2) is 59.7 Å². The van der Waals surface area contributed by atoms with Gasteiger partial charge in [0.1, 0.15) is 0 Å². The van der Waals surface area contributed by atoms with E-state index in [4.69, 9.17) is 9.47 Å². The van der Waals surface area contributed by atoms with Crippen LogP contribution < -0.4 is 15.8 Å². The number of aromatic amines is 1. The number of thiazole rings is 1. The normalized spacial score (nSPS) is 13.9. The van der Waals surface area contributed by atoms with Crippen LogP contribution in [0.15, 0.2) is 10.2 Å². The Bertz CT molecular complexity index is 935. The summed E-state index contributed by atoms with van der Waals surface area (Å²) in [6.07, 6.45) is 0.344. The topological polar surface area (TPSA) is 127 Å². The van der Waals surface area contributed by atoms with Crippen LogP contribution in [0.1, 0.15) is 35.1 Å². The van der Waals surface area contributed by atoms with Gasteiger partial charge in [-0.1, -0.05) is 0 Å². The molecule has 2 N–H and O–H groups in total. The quantitative estimate of drug-likeness (QED) is 0.637. The Morgan fingerprint density at radius 2 is 2.10 bits per heavy atom. The molecular formula is C18H23N5O5S. The fraction of sp³-hybridized carbons (Fsp3) is 0.500. The first kappa shape index (κ1) is 20.9. The number of hydrogen-bond donors (Lipinski definition) is 2. The second-order valence-electron chi connectivity index (χ2n) is 6.36. The molecule has 3 heterocycles. The van der Waals surface area contributed by atoms with Crippen molar-refractivity contribution in [3.63, 3.8) is 0 Å². The van der Waals surface area contributed by atoms with Gasteiger partial charge in [0.15, 0.2) is 10.8 Å². The second kappa shape index (κ2) is 9.61. The lowest BCUT2D eigenvalue weighted by molar-refractivity contribution is -0.116. The minimum atomic E-state index is -0.530. The highest BCUT2D eigenvalue weighted by molar-refractivity contribution is 7.14. The third kappa shape index (κ3) is 5.39. The fourth-order valence-electron chi connectivity index (χ4n) is 2.87. The van der Waals surface area contributed by atoms with E-state index in [2.05, 4.69) is 20.3 Å². The highest BCUT2D eigenvalue weighted by Crippen LogP contribution is 2.17. The van der Waals surface area contributed by atoms with Crippen molar-refractivity contribution in [1.82, 2.24) is 15.0 Å². The van der Waals surface area contributed by atoms with E-state index in [1.165, 1.54) is 5.38 Å². The monoisotopic (exact) mass is 421 g/mol. The molecule has 2 aromatic heterocycles. The SMILES string of the molecule is CCOC(=O)c1csc(NC(=O)CCc2c(C)nc(N3CCOCC3)[nH]c2=O)n1. The molecule has 0 bridgehead atoms. The molecular weight excluding hydrogens is 398 g/mol. The Hall–Kier alpha value is -2.79. The molecule has 10 nitrogen and oxygen atoms in total. The number of aromatic nitrogens is 3. The van der Waals surface area contributed by atoms with Gasteiger partial charge in [-0.25, -0.2) is 14.8 Å². The van der Waals surface area contributed by atoms with E-state index in [-0.39, 0.29) is 36.6 Å². The Kier molecular flexibility index (Phi) is 6.94. The Morgan fingerprint density at radius 3 is 2.79 bits per heavy atom. The number of nitrogens with one attached hydrogen (secondary N) is 2. The van der Waals surface area contributed by atoms with Gasteiger partial charge in [-0.3, -0.25) is 14.6 Å².